The third-order valence-corrected chi connectivity index (χ3v) is 3.10. The van der Waals surface area contributed by atoms with E-state index in [2.05, 4.69) is 0 Å². The summed E-state index contributed by atoms with van der Waals surface area (Å²) in [5, 5.41) is 8.58. The molecule has 0 radical (unpaired) electrons. The van der Waals surface area contributed by atoms with E-state index in [9.17, 15) is 9.59 Å². The van der Waals surface area contributed by atoms with Crippen molar-refractivity contribution in [2.45, 2.75) is 26.2 Å². The molecule has 0 spiro atoms. The number of benzene rings is 1. The minimum atomic E-state index is 0.00125. The van der Waals surface area contributed by atoms with Crippen molar-refractivity contribution in [1.82, 2.24) is 0 Å². The molecular formula is C14H14N2O2. The van der Waals surface area contributed by atoms with E-state index in [-0.39, 0.29) is 11.7 Å². The Bertz CT molecular complexity index is 543. The molecule has 2 rings (SSSR count). The van der Waals surface area contributed by atoms with E-state index in [1.165, 1.54) is 0 Å². The largest absolute Gasteiger partial charge is 0.311 e. The second-order valence-corrected chi connectivity index (χ2v) is 4.25. The summed E-state index contributed by atoms with van der Waals surface area (Å²) >= 11 is 0. The fourth-order valence-electron chi connectivity index (χ4n) is 2.17. The summed E-state index contributed by atoms with van der Waals surface area (Å²) in [7, 11) is 0. The van der Waals surface area contributed by atoms with Gasteiger partial charge in [-0.2, -0.15) is 5.26 Å². The molecule has 18 heavy (non-hydrogen) atoms. The Kier molecular flexibility index (Phi) is 3.42. The van der Waals surface area contributed by atoms with Crippen LogP contribution in [0.25, 0.3) is 0 Å². The van der Waals surface area contributed by atoms with Crippen molar-refractivity contribution >= 4 is 17.4 Å². The van der Waals surface area contributed by atoms with Crippen LogP contribution in [0.1, 0.15) is 35.7 Å². The molecule has 1 amide bonds. The third kappa shape index (κ3) is 2.12. The van der Waals surface area contributed by atoms with Gasteiger partial charge in [-0.3, -0.25) is 9.59 Å². The van der Waals surface area contributed by atoms with Gasteiger partial charge in [-0.25, -0.2) is 0 Å². The number of Topliss-reactive ketones (excluding diaryl/α,β-unsaturated/α-hetero) is 1. The molecule has 4 heteroatoms. The number of amides is 1. The number of anilines is 1. The highest BCUT2D eigenvalue weighted by Crippen LogP contribution is 2.30. The minimum Gasteiger partial charge on any atom is -0.311 e. The van der Waals surface area contributed by atoms with Crippen LogP contribution in [0.2, 0.25) is 0 Å². The van der Waals surface area contributed by atoms with Crippen molar-refractivity contribution in [3.63, 3.8) is 0 Å². The quantitative estimate of drug-likeness (QED) is 0.759. The van der Waals surface area contributed by atoms with Crippen LogP contribution in [-0.2, 0) is 11.2 Å². The smallest absolute Gasteiger partial charge is 0.231 e. The molecule has 0 saturated carbocycles. The van der Waals surface area contributed by atoms with Gasteiger partial charge < -0.3 is 4.90 Å². The Morgan fingerprint density at radius 3 is 2.94 bits per heavy atom. The molecule has 1 heterocycles. The van der Waals surface area contributed by atoms with Crippen LogP contribution in [0.3, 0.4) is 0 Å². The molecule has 4 nitrogen and oxygen atoms in total. The summed E-state index contributed by atoms with van der Waals surface area (Å²) in [6, 6.07) is 7.39. The first-order valence-corrected chi connectivity index (χ1v) is 6.00. The second-order valence-electron chi connectivity index (χ2n) is 4.25. The molecular weight excluding hydrogens is 228 g/mol. The monoisotopic (exact) mass is 242 g/mol. The van der Waals surface area contributed by atoms with E-state index in [1.807, 2.05) is 13.0 Å². The van der Waals surface area contributed by atoms with Crippen molar-refractivity contribution in [3.8, 4) is 6.07 Å². The molecule has 0 unspecified atom stereocenters. The number of carbonyl (C=O) groups is 2. The van der Waals surface area contributed by atoms with Gasteiger partial charge in [-0.15, -0.1) is 0 Å². The van der Waals surface area contributed by atoms with E-state index in [4.69, 9.17) is 5.26 Å². The number of hydrogen-bond acceptors (Lipinski definition) is 3. The van der Waals surface area contributed by atoms with Gasteiger partial charge in [-0.1, -0.05) is 6.92 Å². The highest BCUT2D eigenvalue weighted by molar-refractivity contribution is 6.03. The zero-order valence-corrected chi connectivity index (χ0v) is 10.3. The topological polar surface area (TPSA) is 61.2 Å². The molecule has 1 aliphatic rings. The lowest BCUT2D eigenvalue weighted by atomic mass is 10.0. The van der Waals surface area contributed by atoms with Gasteiger partial charge >= 0.3 is 0 Å². The third-order valence-electron chi connectivity index (χ3n) is 3.10. The second kappa shape index (κ2) is 5.01. The average Bonchev–Trinajstić information content (AvgIpc) is 2.70. The lowest BCUT2D eigenvalue weighted by Gasteiger charge is -2.15. The van der Waals surface area contributed by atoms with E-state index in [1.54, 1.807) is 23.1 Å². The van der Waals surface area contributed by atoms with Crippen LogP contribution in [0.5, 0.6) is 0 Å². The number of ketones is 1. The molecule has 0 saturated heterocycles. The van der Waals surface area contributed by atoms with Gasteiger partial charge in [0.2, 0.25) is 5.91 Å². The van der Waals surface area contributed by atoms with Gasteiger partial charge in [0.15, 0.2) is 5.78 Å². The predicted molar refractivity (Wildman–Crippen MR) is 67.4 cm³/mol. The first-order valence-electron chi connectivity index (χ1n) is 6.00. The number of fused-ring (bicyclic) bond motifs is 1. The Labute approximate surface area is 106 Å². The van der Waals surface area contributed by atoms with E-state index < -0.39 is 0 Å². The number of rotatable bonds is 4. The Hall–Kier alpha value is -2.15. The van der Waals surface area contributed by atoms with Gasteiger partial charge in [-0.05, 0) is 23.8 Å². The van der Waals surface area contributed by atoms with Crippen LogP contribution in [0.4, 0.5) is 5.69 Å². The molecule has 0 aromatic heterocycles. The molecule has 1 aliphatic heterocycles. The Balaban J connectivity index is 2.29. The normalized spacial score (nSPS) is 13.3. The Morgan fingerprint density at radius 2 is 2.28 bits per heavy atom. The highest BCUT2D eigenvalue weighted by atomic mass is 16.2. The zero-order valence-electron chi connectivity index (χ0n) is 10.3. The first kappa shape index (κ1) is 12.3. The summed E-state index contributed by atoms with van der Waals surface area (Å²) in [5.41, 5.74) is 2.38. The fraction of sp³-hybridized carbons (Fsp3) is 0.357. The van der Waals surface area contributed by atoms with Crippen molar-refractivity contribution < 1.29 is 9.59 Å². The standard InChI is InChI=1S/C14H14N2O2/c1-2-13(17)10-4-5-12-11(8-10)9-14(18)16(12)7-3-6-15/h4-5,8H,2-3,7,9H2,1H3. The summed E-state index contributed by atoms with van der Waals surface area (Å²) in [6.07, 6.45) is 1.11. The fourth-order valence-corrected chi connectivity index (χ4v) is 2.17. The molecule has 0 fully saturated rings. The van der Waals surface area contributed by atoms with E-state index in [0.717, 1.165) is 11.3 Å². The predicted octanol–water partition coefficient (Wildman–Crippen LogP) is 2.08. The maximum absolute atomic E-state index is 11.8. The lowest BCUT2D eigenvalue weighted by Crippen LogP contribution is -2.27. The maximum atomic E-state index is 11.8. The van der Waals surface area contributed by atoms with Crippen LogP contribution < -0.4 is 4.90 Å². The summed E-state index contributed by atoms with van der Waals surface area (Å²) in [6.45, 7) is 2.24. The molecule has 0 bridgehead atoms. The molecule has 1 aromatic rings. The van der Waals surface area contributed by atoms with Gasteiger partial charge in [0, 0.05) is 24.2 Å². The zero-order chi connectivity index (χ0) is 13.1. The lowest BCUT2D eigenvalue weighted by molar-refractivity contribution is -0.117. The van der Waals surface area contributed by atoms with E-state index >= 15 is 0 Å². The molecule has 0 N–H and O–H groups in total. The molecule has 1 aromatic carbocycles. The highest BCUT2D eigenvalue weighted by Gasteiger charge is 2.27. The van der Waals surface area contributed by atoms with E-state index in [0.29, 0.717) is 31.4 Å². The first-order chi connectivity index (χ1) is 8.67. The van der Waals surface area contributed by atoms with Crippen molar-refractivity contribution in [2.75, 3.05) is 11.4 Å². The average molecular weight is 242 g/mol. The summed E-state index contributed by atoms with van der Waals surface area (Å²) < 4.78 is 0. The van der Waals surface area contributed by atoms with Gasteiger partial charge in [0.05, 0.1) is 18.9 Å². The van der Waals surface area contributed by atoms with Crippen LogP contribution in [0, 0.1) is 11.3 Å². The van der Waals surface area contributed by atoms with Gasteiger partial charge in [0.1, 0.15) is 0 Å². The summed E-state index contributed by atoms with van der Waals surface area (Å²) in [4.78, 5) is 25.0. The van der Waals surface area contributed by atoms with Crippen LogP contribution in [0.15, 0.2) is 18.2 Å². The Morgan fingerprint density at radius 1 is 1.50 bits per heavy atom. The van der Waals surface area contributed by atoms with Crippen molar-refractivity contribution in [3.05, 3.63) is 29.3 Å². The summed E-state index contributed by atoms with van der Waals surface area (Å²) in [5.74, 6) is 0.0853. The van der Waals surface area contributed by atoms with Crippen LogP contribution in [-0.4, -0.2) is 18.2 Å². The SMILES string of the molecule is CCC(=O)c1ccc2c(c1)CC(=O)N2CCC#N. The van der Waals surface area contributed by atoms with Crippen LogP contribution >= 0.6 is 0 Å². The van der Waals surface area contributed by atoms with Gasteiger partial charge in [0.25, 0.3) is 0 Å². The number of hydrogen-bond donors (Lipinski definition) is 0. The van der Waals surface area contributed by atoms with Crippen molar-refractivity contribution in [1.29, 1.82) is 5.26 Å². The molecule has 92 valence electrons. The minimum absolute atomic E-state index is 0.00125. The number of nitrogens with zero attached hydrogens (tertiary/aromatic N) is 2. The van der Waals surface area contributed by atoms with Crippen molar-refractivity contribution in [2.24, 2.45) is 0 Å². The number of nitriles is 1. The molecule has 0 aliphatic carbocycles. The maximum Gasteiger partial charge on any atom is 0.231 e. The molecule has 0 atom stereocenters. The number of carbonyl (C=O) groups excluding carboxylic acids is 2.